The van der Waals surface area contributed by atoms with Crippen LogP contribution >= 0.6 is 11.3 Å². The van der Waals surface area contributed by atoms with Gasteiger partial charge in [0.1, 0.15) is 22.6 Å². The highest BCUT2D eigenvalue weighted by molar-refractivity contribution is 7.14. The SMILES string of the molecule is N#Cc1ccc(C(=O)C=C2Nc3ccccc3C3=NCCN23)s1. The van der Waals surface area contributed by atoms with Crippen molar-refractivity contribution in [2.45, 2.75) is 0 Å². The van der Waals surface area contributed by atoms with E-state index in [0.29, 0.717) is 16.3 Å². The topological polar surface area (TPSA) is 68.5 Å². The first-order chi connectivity index (χ1) is 11.3. The maximum atomic E-state index is 12.5. The highest BCUT2D eigenvalue weighted by Gasteiger charge is 2.29. The average Bonchev–Trinajstić information content (AvgIpc) is 3.24. The predicted octanol–water partition coefficient (Wildman–Crippen LogP) is 2.83. The maximum absolute atomic E-state index is 12.5. The summed E-state index contributed by atoms with van der Waals surface area (Å²) in [7, 11) is 0. The Kier molecular flexibility index (Phi) is 3.21. The van der Waals surface area contributed by atoms with E-state index in [0.717, 1.165) is 29.5 Å². The summed E-state index contributed by atoms with van der Waals surface area (Å²) in [5.74, 6) is 1.53. The van der Waals surface area contributed by atoms with Crippen LogP contribution in [0.2, 0.25) is 0 Å². The zero-order valence-electron chi connectivity index (χ0n) is 12.1. The van der Waals surface area contributed by atoms with Gasteiger partial charge in [-0.3, -0.25) is 9.79 Å². The lowest BCUT2D eigenvalue weighted by Crippen LogP contribution is -2.36. The molecule has 112 valence electrons. The first kappa shape index (κ1) is 13.7. The molecule has 0 spiro atoms. The molecule has 0 aliphatic carbocycles. The van der Waals surface area contributed by atoms with Crippen LogP contribution in [0.4, 0.5) is 5.69 Å². The highest BCUT2D eigenvalue weighted by atomic mass is 32.1. The molecule has 5 nitrogen and oxygen atoms in total. The number of amidine groups is 1. The third-order valence-electron chi connectivity index (χ3n) is 3.79. The number of carbonyl (C=O) groups excluding carboxylic acids is 1. The van der Waals surface area contributed by atoms with Gasteiger partial charge in [0, 0.05) is 18.2 Å². The second-order valence-electron chi connectivity index (χ2n) is 5.20. The van der Waals surface area contributed by atoms with Crippen LogP contribution in [0.15, 0.2) is 53.3 Å². The quantitative estimate of drug-likeness (QED) is 0.682. The smallest absolute Gasteiger partial charge is 0.199 e. The van der Waals surface area contributed by atoms with Crippen LogP contribution in [0.1, 0.15) is 20.1 Å². The number of anilines is 1. The first-order valence-electron chi connectivity index (χ1n) is 7.20. The van der Waals surface area contributed by atoms with Gasteiger partial charge in [-0.2, -0.15) is 5.26 Å². The van der Waals surface area contributed by atoms with Crippen molar-refractivity contribution >= 4 is 28.6 Å². The van der Waals surface area contributed by atoms with Crippen LogP contribution in [0, 0.1) is 11.3 Å². The lowest BCUT2D eigenvalue weighted by atomic mass is 10.1. The molecule has 0 bridgehead atoms. The van der Waals surface area contributed by atoms with Gasteiger partial charge < -0.3 is 10.2 Å². The third-order valence-corrected chi connectivity index (χ3v) is 4.79. The number of benzene rings is 1. The molecule has 1 aromatic heterocycles. The van der Waals surface area contributed by atoms with Crippen molar-refractivity contribution < 1.29 is 4.79 Å². The monoisotopic (exact) mass is 320 g/mol. The Bertz CT molecular complexity index is 903. The molecule has 0 unspecified atom stereocenters. The average molecular weight is 320 g/mol. The number of thiophene rings is 1. The molecule has 2 aromatic rings. The lowest BCUT2D eigenvalue weighted by molar-refractivity contribution is 0.104. The van der Waals surface area contributed by atoms with Gasteiger partial charge in [-0.15, -0.1) is 11.3 Å². The van der Waals surface area contributed by atoms with Crippen molar-refractivity contribution in [3.8, 4) is 6.07 Å². The molecule has 0 atom stereocenters. The fourth-order valence-corrected chi connectivity index (χ4v) is 3.46. The molecule has 0 fully saturated rings. The van der Waals surface area contributed by atoms with Gasteiger partial charge in [-0.05, 0) is 24.3 Å². The molecule has 2 aliphatic heterocycles. The van der Waals surface area contributed by atoms with E-state index in [1.807, 2.05) is 29.2 Å². The van der Waals surface area contributed by atoms with Crippen molar-refractivity contribution in [2.75, 3.05) is 18.4 Å². The maximum Gasteiger partial charge on any atom is 0.199 e. The van der Waals surface area contributed by atoms with Crippen LogP contribution in [-0.4, -0.2) is 29.6 Å². The Morgan fingerprint density at radius 3 is 3.04 bits per heavy atom. The summed E-state index contributed by atoms with van der Waals surface area (Å²) in [4.78, 5) is 20.1. The molecule has 4 rings (SSSR count). The highest BCUT2D eigenvalue weighted by Crippen LogP contribution is 2.30. The van der Waals surface area contributed by atoms with E-state index in [2.05, 4.69) is 16.4 Å². The Hall–Kier alpha value is -2.91. The molecule has 1 aromatic carbocycles. The second kappa shape index (κ2) is 5.38. The third kappa shape index (κ3) is 2.31. The molecule has 3 heterocycles. The molecular weight excluding hydrogens is 308 g/mol. The van der Waals surface area contributed by atoms with E-state index in [1.165, 1.54) is 11.3 Å². The van der Waals surface area contributed by atoms with Gasteiger partial charge in [-0.1, -0.05) is 12.1 Å². The van der Waals surface area contributed by atoms with E-state index in [-0.39, 0.29) is 5.78 Å². The van der Waals surface area contributed by atoms with Gasteiger partial charge in [0.2, 0.25) is 0 Å². The van der Waals surface area contributed by atoms with E-state index >= 15 is 0 Å². The molecular formula is C17H12N4OS. The number of hydrogen-bond donors (Lipinski definition) is 1. The summed E-state index contributed by atoms with van der Waals surface area (Å²) in [6.45, 7) is 1.47. The van der Waals surface area contributed by atoms with Gasteiger partial charge in [0.15, 0.2) is 5.78 Å². The molecule has 0 saturated carbocycles. The zero-order chi connectivity index (χ0) is 15.8. The molecule has 0 amide bonds. The normalized spacial score (nSPS) is 17.1. The number of nitrogens with one attached hydrogen (secondary N) is 1. The standard InChI is InChI=1S/C17H12N4OS/c18-10-11-5-6-15(23-11)14(22)9-16-20-13-4-2-1-3-12(13)17-19-7-8-21(16)17/h1-6,9,20H,7-8H2. The lowest BCUT2D eigenvalue weighted by Gasteiger charge is -2.31. The van der Waals surface area contributed by atoms with Crippen molar-refractivity contribution in [1.82, 2.24) is 4.90 Å². The number of para-hydroxylation sites is 1. The Morgan fingerprint density at radius 2 is 2.22 bits per heavy atom. The number of allylic oxidation sites excluding steroid dienone is 1. The number of rotatable bonds is 2. The number of nitrogens with zero attached hydrogens (tertiary/aromatic N) is 3. The number of fused-ring (bicyclic) bond motifs is 3. The molecule has 0 saturated heterocycles. The minimum absolute atomic E-state index is 0.107. The van der Waals surface area contributed by atoms with Gasteiger partial charge in [0.25, 0.3) is 0 Å². The second-order valence-corrected chi connectivity index (χ2v) is 6.28. The molecule has 0 radical (unpaired) electrons. The molecule has 6 heteroatoms. The van der Waals surface area contributed by atoms with Gasteiger partial charge in [0.05, 0.1) is 17.1 Å². The summed E-state index contributed by atoms with van der Waals surface area (Å²) in [5, 5.41) is 12.2. The Morgan fingerprint density at radius 1 is 1.35 bits per heavy atom. The van der Waals surface area contributed by atoms with Crippen molar-refractivity contribution in [3.05, 3.63) is 63.6 Å². The van der Waals surface area contributed by atoms with E-state index in [1.54, 1.807) is 18.2 Å². The van der Waals surface area contributed by atoms with Crippen LogP contribution < -0.4 is 5.32 Å². The minimum Gasteiger partial charge on any atom is -0.341 e. The van der Waals surface area contributed by atoms with Crippen LogP contribution in [-0.2, 0) is 0 Å². The van der Waals surface area contributed by atoms with Crippen LogP contribution in [0.5, 0.6) is 0 Å². The summed E-state index contributed by atoms with van der Waals surface area (Å²) >= 11 is 1.21. The van der Waals surface area contributed by atoms with Crippen molar-refractivity contribution in [3.63, 3.8) is 0 Å². The predicted molar refractivity (Wildman–Crippen MR) is 89.6 cm³/mol. The van der Waals surface area contributed by atoms with Crippen molar-refractivity contribution in [1.29, 1.82) is 5.26 Å². The molecule has 2 aliphatic rings. The Balaban J connectivity index is 1.71. The van der Waals surface area contributed by atoms with E-state index in [4.69, 9.17) is 5.26 Å². The fourth-order valence-electron chi connectivity index (χ4n) is 2.74. The van der Waals surface area contributed by atoms with Crippen molar-refractivity contribution in [2.24, 2.45) is 4.99 Å². The number of nitriles is 1. The summed E-state index contributed by atoms with van der Waals surface area (Å²) in [5.41, 5.74) is 2.00. The number of carbonyl (C=O) groups is 1. The van der Waals surface area contributed by atoms with E-state index in [9.17, 15) is 4.79 Å². The van der Waals surface area contributed by atoms with Crippen LogP contribution in [0.25, 0.3) is 0 Å². The van der Waals surface area contributed by atoms with Gasteiger partial charge >= 0.3 is 0 Å². The zero-order valence-corrected chi connectivity index (χ0v) is 12.9. The number of ketones is 1. The largest absolute Gasteiger partial charge is 0.341 e. The minimum atomic E-state index is -0.107. The first-order valence-corrected chi connectivity index (χ1v) is 8.02. The Labute approximate surface area is 137 Å². The summed E-state index contributed by atoms with van der Waals surface area (Å²) in [6, 6.07) is 13.4. The number of hydrogen-bond acceptors (Lipinski definition) is 6. The summed E-state index contributed by atoms with van der Waals surface area (Å²) < 4.78 is 0. The molecule has 23 heavy (non-hydrogen) atoms. The fraction of sp³-hybridized carbons (Fsp3) is 0.118. The molecule has 1 N–H and O–H groups in total. The number of aliphatic imine (C=N–C) groups is 1. The van der Waals surface area contributed by atoms with Gasteiger partial charge in [-0.25, -0.2) is 0 Å². The van der Waals surface area contributed by atoms with Crippen LogP contribution in [0.3, 0.4) is 0 Å². The summed E-state index contributed by atoms with van der Waals surface area (Å²) in [6.07, 6.45) is 1.59. The van der Waals surface area contributed by atoms with E-state index < -0.39 is 0 Å².